The van der Waals surface area contributed by atoms with Crippen molar-refractivity contribution in [2.24, 2.45) is 5.92 Å². The smallest absolute Gasteiger partial charge is 0.225 e. The molecule has 0 aliphatic carbocycles. The van der Waals surface area contributed by atoms with Gasteiger partial charge in [0.1, 0.15) is 17.0 Å². The van der Waals surface area contributed by atoms with Crippen molar-refractivity contribution in [2.45, 2.75) is 26.3 Å². The SMILES string of the molecule is Cc1ccc(CNC(=O)C2CCCN(c3cnc4nccnc4c3)C2)o1. The van der Waals surface area contributed by atoms with Crippen LogP contribution in [0.5, 0.6) is 0 Å². The van der Waals surface area contributed by atoms with Crippen LogP contribution in [0.25, 0.3) is 11.2 Å². The Hall–Kier alpha value is -2.96. The van der Waals surface area contributed by atoms with Crippen LogP contribution < -0.4 is 10.2 Å². The molecule has 0 spiro atoms. The molecule has 7 nitrogen and oxygen atoms in total. The Bertz CT molecular complexity index is 923. The molecule has 7 heteroatoms. The molecule has 4 rings (SSSR count). The summed E-state index contributed by atoms with van der Waals surface area (Å²) in [7, 11) is 0. The van der Waals surface area contributed by atoms with Gasteiger partial charge in [-0.1, -0.05) is 0 Å². The Morgan fingerprint density at radius 1 is 1.31 bits per heavy atom. The lowest BCUT2D eigenvalue weighted by Gasteiger charge is -2.33. The van der Waals surface area contributed by atoms with Crippen LogP contribution in [0.3, 0.4) is 0 Å². The second-order valence-corrected chi connectivity index (χ2v) is 6.61. The quantitative estimate of drug-likeness (QED) is 0.777. The minimum atomic E-state index is -0.0441. The van der Waals surface area contributed by atoms with Crippen LogP contribution >= 0.6 is 0 Å². The van der Waals surface area contributed by atoms with Crippen molar-refractivity contribution in [3.8, 4) is 0 Å². The third-order valence-corrected chi connectivity index (χ3v) is 4.70. The predicted octanol–water partition coefficient (Wildman–Crippen LogP) is 2.46. The van der Waals surface area contributed by atoms with Crippen molar-refractivity contribution in [1.29, 1.82) is 0 Å². The molecule has 1 N–H and O–H groups in total. The summed E-state index contributed by atoms with van der Waals surface area (Å²) in [5, 5.41) is 2.99. The molecular formula is C19H21N5O2. The zero-order valence-electron chi connectivity index (χ0n) is 14.7. The van der Waals surface area contributed by atoms with Crippen LogP contribution in [0, 0.1) is 12.8 Å². The largest absolute Gasteiger partial charge is 0.465 e. The summed E-state index contributed by atoms with van der Waals surface area (Å²) in [6.45, 7) is 3.91. The minimum Gasteiger partial charge on any atom is -0.465 e. The predicted molar refractivity (Wildman–Crippen MR) is 97.6 cm³/mol. The number of pyridine rings is 1. The van der Waals surface area contributed by atoms with Gasteiger partial charge >= 0.3 is 0 Å². The number of carbonyl (C=O) groups excluding carboxylic acids is 1. The molecule has 134 valence electrons. The maximum Gasteiger partial charge on any atom is 0.225 e. The Labute approximate surface area is 151 Å². The van der Waals surface area contributed by atoms with Gasteiger partial charge in [0.2, 0.25) is 5.91 Å². The van der Waals surface area contributed by atoms with E-state index in [1.807, 2.05) is 31.3 Å². The van der Waals surface area contributed by atoms with Crippen molar-refractivity contribution in [2.75, 3.05) is 18.0 Å². The molecule has 0 bridgehead atoms. The highest BCUT2D eigenvalue weighted by Gasteiger charge is 2.26. The van der Waals surface area contributed by atoms with Gasteiger partial charge in [0.15, 0.2) is 5.65 Å². The van der Waals surface area contributed by atoms with Crippen molar-refractivity contribution < 1.29 is 9.21 Å². The van der Waals surface area contributed by atoms with Crippen LogP contribution in [-0.2, 0) is 11.3 Å². The second kappa shape index (κ2) is 7.11. The van der Waals surface area contributed by atoms with E-state index in [4.69, 9.17) is 4.42 Å². The molecule has 1 unspecified atom stereocenters. The molecule has 4 heterocycles. The first kappa shape index (κ1) is 16.5. The van der Waals surface area contributed by atoms with E-state index in [0.29, 0.717) is 18.7 Å². The van der Waals surface area contributed by atoms with Gasteiger partial charge in [-0.2, -0.15) is 0 Å². The van der Waals surface area contributed by atoms with Crippen molar-refractivity contribution in [1.82, 2.24) is 20.3 Å². The number of fused-ring (bicyclic) bond motifs is 1. The highest BCUT2D eigenvalue weighted by molar-refractivity contribution is 5.80. The Morgan fingerprint density at radius 3 is 3.04 bits per heavy atom. The number of amides is 1. The van der Waals surface area contributed by atoms with Crippen molar-refractivity contribution in [3.05, 3.63) is 48.3 Å². The zero-order chi connectivity index (χ0) is 17.9. The molecule has 0 saturated carbocycles. The number of hydrogen-bond donors (Lipinski definition) is 1. The zero-order valence-corrected chi connectivity index (χ0v) is 14.7. The average molecular weight is 351 g/mol. The highest BCUT2D eigenvalue weighted by Crippen LogP contribution is 2.24. The van der Waals surface area contributed by atoms with E-state index in [1.165, 1.54) is 0 Å². The summed E-state index contributed by atoms with van der Waals surface area (Å²) >= 11 is 0. The summed E-state index contributed by atoms with van der Waals surface area (Å²) < 4.78 is 5.51. The average Bonchev–Trinajstić information content (AvgIpc) is 3.11. The maximum atomic E-state index is 12.6. The van der Waals surface area contributed by atoms with E-state index < -0.39 is 0 Å². The van der Waals surface area contributed by atoms with Crippen LogP contribution in [0.1, 0.15) is 24.4 Å². The third kappa shape index (κ3) is 3.51. The number of carbonyl (C=O) groups is 1. The summed E-state index contributed by atoms with van der Waals surface area (Å²) in [6, 6.07) is 5.78. The number of nitrogens with one attached hydrogen (secondary N) is 1. The molecule has 1 saturated heterocycles. The molecule has 1 amide bonds. The number of rotatable bonds is 4. The lowest BCUT2D eigenvalue weighted by atomic mass is 9.96. The summed E-state index contributed by atoms with van der Waals surface area (Å²) in [4.78, 5) is 27.6. The van der Waals surface area contributed by atoms with Gasteiger partial charge in [-0.05, 0) is 38.0 Å². The van der Waals surface area contributed by atoms with E-state index in [-0.39, 0.29) is 11.8 Å². The fourth-order valence-electron chi connectivity index (χ4n) is 3.34. The number of furan rings is 1. The first-order valence-corrected chi connectivity index (χ1v) is 8.84. The summed E-state index contributed by atoms with van der Waals surface area (Å²) in [5.74, 6) is 1.65. The Kier molecular flexibility index (Phi) is 4.51. The Morgan fingerprint density at radius 2 is 2.19 bits per heavy atom. The van der Waals surface area contributed by atoms with Crippen molar-refractivity contribution >= 4 is 22.8 Å². The number of hydrogen-bond acceptors (Lipinski definition) is 6. The number of piperidine rings is 1. The number of aromatic nitrogens is 3. The molecule has 3 aromatic rings. The van der Waals surface area contributed by atoms with Gasteiger partial charge < -0.3 is 14.6 Å². The molecule has 0 radical (unpaired) electrons. The van der Waals surface area contributed by atoms with Crippen LogP contribution in [0.2, 0.25) is 0 Å². The maximum absolute atomic E-state index is 12.6. The topological polar surface area (TPSA) is 84.2 Å². The standard InChI is InChI=1S/C19H21N5O2/c1-13-4-5-16(26-13)11-23-19(25)14-3-2-8-24(12-14)15-9-17-18(22-10-15)21-7-6-20-17/h4-7,9-10,14H,2-3,8,11-12H2,1H3,(H,23,25). The number of anilines is 1. The van der Waals surface area contributed by atoms with Gasteiger partial charge in [-0.25, -0.2) is 9.97 Å². The molecule has 1 aliphatic rings. The van der Waals surface area contributed by atoms with E-state index in [2.05, 4.69) is 25.2 Å². The second-order valence-electron chi connectivity index (χ2n) is 6.61. The lowest BCUT2D eigenvalue weighted by molar-refractivity contribution is -0.125. The van der Waals surface area contributed by atoms with Crippen molar-refractivity contribution in [3.63, 3.8) is 0 Å². The Balaban J connectivity index is 1.41. The van der Waals surface area contributed by atoms with Crippen LogP contribution in [0.15, 0.2) is 41.2 Å². The van der Waals surface area contributed by atoms with Gasteiger partial charge in [0.25, 0.3) is 0 Å². The van der Waals surface area contributed by atoms with E-state index in [0.717, 1.165) is 42.1 Å². The van der Waals surface area contributed by atoms with Crippen LogP contribution in [-0.4, -0.2) is 33.9 Å². The number of aryl methyl sites for hydroxylation is 1. The lowest BCUT2D eigenvalue weighted by Crippen LogP contribution is -2.43. The fraction of sp³-hybridized carbons (Fsp3) is 0.368. The number of nitrogens with zero attached hydrogens (tertiary/aromatic N) is 4. The normalized spacial score (nSPS) is 17.4. The van der Waals surface area contributed by atoms with Gasteiger partial charge in [0.05, 0.1) is 24.3 Å². The molecule has 1 aliphatic heterocycles. The molecule has 1 atom stereocenters. The third-order valence-electron chi connectivity index (χ3n) is 4.70. The van der Waals surface area contributed by atoms with E-state index in [1.54, 1.807) is 12.4 Å². The molecular weight excluding hydrogens is 330 g/mol. The van der Waals surface area contributed by atoms with Gasteiger partial charge in [-0.3, -0.25) is 9.78 Å². The molecule has 0 aromatic carbocycles. The van der Waals surface area contributed by atoms with E-state index >= 15 is 0 Å². The molecule has 1 fully saturated rings. The molecule has 3 aromatic heterocycles. The summed E-state index contributed by atoms with van der Waals surface area (Å²) in [6.07, 6.45) is 6.97. The first-order valence-electron chi connectivity index (χ1n) is 8.84. The van der Waals surface area contributed by atoms with E-state index in [9.17, 15) is 4.79 Å². The first-order chi connectivity index (χ1) is 12.7. The highest BCUT2D eigenvalue weighted by atomic mass is 16.3. The summed E-state index contributed by atoms with van der Waals surface area (Å²) in [5.41, 5.74) is 2.39. The minimum absolute atomic E-state index is 0.0441. The van der Waals surface area contributed by atoms with Gasteiger partial charge in [-0.15, -0.1) is 0 Å². The monoisotopic (exact) mass is 351 g/mol. The van der Waals surface area contributed by atoms with Crippen LogP contribution in [0.4, 0.5) is 5.69 Å². The van der Waals surface area contributed by atoms with Gasteiger partial charge in [0, 0.05) is 25.5 Å². The fourth-order valence-corrected chi connectivity index (χ4v) is 3.34. The molecule has 26 heavy (non-hydrogen) atoms.